The van der Waals surface area contributed by atoms with Gasteiger partial charge in [0.25, 0.3) is 0 Å². The normalized spacial score (nSPS) is 19.8. The number of sulfonamides is 1. The number of carbonyl (C=O) groups excluding carboxylic acids is 1. The summed E-state index contributed by atoms with van der Waals surface area (Å²) in [6.07, 6.45) is 1.22. The zero-order valence-corrected chi connectivity index (χ0v) is 13.3. The Labute approximate surface area is 121 Å². The van der Waals surface area contributed by atoms with Crippen molar-refractivity contribution in [2.45, 2.75) is 19.9 Å². The van der Waals surface area contributed by atoms with Crippen LogP contribution in [-0.2, 0) is 19.6 Å². The average Bonchev–Trinajstić information content (AvgIpc) is 2.38. The summed E-state index contributed by atoms with van der Waals surface area (Å²) in [5, 5.41) is 3.11. The van der Waals surface area contributed by atoms with E-state index >= 15 is 0 Å². The topological polar surface area (TPSA) is 79.0 Å². The molecule has 1 fully saturated rings. The van der Waals surface area contributed by atoms with Crippen molar-refractivity contribution in [1.29, 1.82) is 0 Å². The summed E-state index contributed by atoms with van der Waals surface area (Å²) < 4.78 is 29.4. The summed E-state index contributed by atoms with van der Waals surface area (Å²) in [6, 6.07) is -0.357. The zero-order chi connectivity index (χ0) is 15.2. The number of rotatable bonds is 7. The van der Waals surface area contributed by atoms with Crippen molar-refractivity contribution >= 4 is 16.0 Å². The van der Waals surface area contributed by atoms with Crippen LogP contribution in [0.1, 0.15) is 13.8 Å². The Hall–Kier alpha value is -0.700. The second-order valence-corrected chi connectivity index (χ2v) is 6.81. The number of likely N-dealkylation sites (N-methyl/N-ethyl adjacent to an activating group) is 1. The zero-order valence-electron chi connectivity index (χ0n) is 12.5. The molecule has 1 N–H and O–H groups in total. The first-order chi connectivity index (χ1) is 9.38. The average molecular weight is 307 g/mol. The molecule has 0 saturated carbocycles. The molecule has 8 heteroatoms. The Kier molecular flexibility index (Phi) is 6.87. The second kappa shape index (κ2) is 7.92. The van der Waals surface area contributed by atoms with Crippen LogP contribution < -0.4 is 5.32 Å². The highest BCUT2D eigenvalue weighted by molar-refractivity contribution is 7.88. The van der Waals surface area contributed by atoms with E-state index in [0.717, 1.165) is 0 Å². The first-order valence-corrected chi connectivity index (χ1v) is 8.80. The van der Waals surface area contributed by atoms with Gasteiger partial charge in [-0.2, -0.15) is 4.31 Å². The molecule has 1 unspecified atom stereocenters. The third kappa shape index (κ3) is 5.35. The van der Waals surface area contributed by atoms with Crippen molar-refractivity contribution in [2.75, 3.05) is 52.1 Å². The molecule has 0 bridgehead atoms. The molecule has 7 nitrogen and oxygen atoms in total. The number of esters is 1. The first kappa shape index (κ1) is 17.4. The van der Waals surface area contributed by atoms with Gasteiger partial charge in [-0.05, 0) is 13.5 Å². The van der Waals surface area contributed by atoms with Gasteiger partial charge in [0.15, 0.2) is 0 Å². The van der Waals surface area contributed by atoms with Gasteiger partial charge in [0.1, 0.15) is 6.04 Å². The molecule has 0 aliphatic carbocycles. The minimum absolute atomic E-state index is 0.250. The lowest BCUT2D eigenvalue weighted by Crippen LogP contribution is -2.53. The standard InChI is InChI=1S/C12H25N3O4S/c1-4-13-11(12(16)19-5-2)10-14-6-8-15(9-7-14)20(3,17)18/h11,13H,4-10H2,1-3H3. The third-order valence-corrected chi connectivity index (χ3v) is 4.57. The van der Waals surface area contributed by atoms with Crippen molar-refractivity contribution in [3.8, 4) is 0 Å². The molecular weight excluding hydrogens is 282 g/mol. The minimum atomic E-state index is -3.11. The van der Waals surface area contributed by atoms with Crippen molar-refractivity contribution in [3.63, 3.8) is 0 Å². The van der Waals surface area contributed by atoms with E-state index in [9.17, 15) is 13.2 Å². The maximum Gasteiger partial charge on any atom is 0.324 e. The molecule has 1 heterocycles. The number of carbonyl (C=O) groups is 1. The fourth-order valence-corrected chi connectivity index (χ4v) is 3.04. The fourth-order valence-electron chi connectivity index (χ4n) is 2.21. The van der Waals surface area contributed by atoms with Crippen LogP contribution in [0.2, 0.25) is 0 Å². The lowest BCUT2D eigenvalue weighted by atomic mass is 10.2. The first-order valence-electron chi connectivity index (χ1n) is 6.96. The van der Waals surface area contributed by atoms with Gasteiger partial charge in [0.05, 0.1) is 12.9 Å². The molecular formula is C12H25N3O4S. The van der Waals surface area contributed by atoms with Crippen LogP contribution in [0.3, 0.4) is 0 Å². The van der Waals surface area contributed by atoms with Crippen molar-refractivity contribution < 1.29 is 17.9 Å². The van der Waals surface area contributed by atoms with Crippen LogP contribution in [0.15, 0.2) is 0 Å². The summed E-state index contributed by atoms with van der Waals surface area (Å²) in [7, 11) is -3.11. The van der Waals surface area contributed by atoms with Crippen LogP contribution in [0.25, 0.3) is 0 Å². The largest absolute Gasteiger partial charge is 0.465 e. The lowest BCUT2D eigenvalue weighted by molar-refractivity contribution is -0.146. The summed E-state index contributed by atoms with van der Waals surface area (Å²) in [5.74, 6) is -0.250. The summed E-state index contributed by atoms with van der Waals surface area (Å²) in [6.45, 7) is 7.53. The van der Waals surface area contributed by atoms with Gasteiger partial charge in [0.2, 0.25) is 10.0 Å². The highest BCUT2D eigenvalue weighted by atomic mass is 32.2. The van der Waals surface area contributed by atoms with E-state index in [2.05, 4.69) is 10.2 Å². The van der Waals surface area contributed by atoms with Gasteiger partial charge >= 0.3 is 5.97 Å². The van der Waals surface area contributed by atoms with Gasteiger partial charge in [-0.1, -0.05) is 6.92 Å². The molecule has 0 spiro atoms. The predicted molar refractivity (Wildman–Crippen MR) is 77.0 cm³/mol. The highest BCUT2D eigenvalue weighted by Gasteiger charge is 2.27. The van der Waals surface area contributed by atoms with E-state index < -0.39 is 10.0 Å². The van der Waals surface area contributed by atoms with E-state index in [-0.39, 0.29) is 12.0 Å². The van der Waals surface area contributed by atoms with Gasteiger partial charge in [-0.3, -0.25) is 9.69 Å². The number of nitrogens with zero attached hydrogens (tertiary/aromatic N) is 2. The van der Waals surface area contributed by atoms with Crippen LogP contribution in [0.4, 0.5) is 0 Å². The SMILES string of the molecule is CCNC(CN1CCN(S(C)(=O)=O)CC1)C(=O)OCC. The van der Waals surface area contributed by atoms with Gasteiger partial charge in [-0.25, -0.2) is 8.42 Å². The molecule has 0 aromatic rings. The Bertz CT molecular complexity index is 405. The van der Waals surface area contributed by atoms with Crippen molar-refractivity contribution in [2.24, 2.45) is 0 Å². The maximum atomic E-state index is 11.8. The molecule has 1 rings (SSSR count). The Morgan fingerprint density at radius 1 is 1.25 bits per heavy atom. The quantitative estimate of drug-likeness (QED) is 0.615. The van der Waals surface area contributed by atoms with Crippen LogP contribution in [0.5, 0.6) is 0 Å². The molecule has 1 aliphatic heterocycles. The van der Waals surface area contributed by atoms with E-state index in [1.54, 1.807) is 6.92 Å². The van der Waals surface area contributed by atoms with E-state index in [0.29, 0.717) is 45.9 Å². The van der Waals surface area contributed by atoms with Crippen LogP contribution in [0, 0.1) is 0 Å². The molecule has 0 aromatic carbocycles. The van der Waals surface area contributed by atoms with E-state index in [1.807, 2.05) is 6.92 Å². The molecule has 1 aliphatic rings. The molecule has 1 atom stereocenters. The fraction of sp³-hybridized carbons (Fsp3) is 0.917. The Balaban J connectivity index is 2.49. The minimum Gasteiger partial charge on any atom is -0.465 e. The van der Waals surface area contributed by atoms with Crippen molar-refractivity contribution in [3.05, 3.63) is 0 Å². The second-order valence-electron chi connectivity index (χ2n) is 4.82. The van der Waals surface area contributed by atoms with Gasteiger partial charge in [-0.15, -0.1) is 0 Å². The molecule has 1 saturated heterocycles. The Morgan fingerprint density at radius 2 is 1.85 bits per heavy atom. The molecule has 0 radical (unpaired) electrons. The Morgan fingerprint density at radius 3 is 2.30 bits per heavy atom. The molecule has 118 valence electrons. The number of hydrogen-bond donors (Lipinski definition) is 1. The van der Waals surface area contributed by atoms with Gasteiger partial charge < -0.3 is 10.1 Å². The van der Waals surface area contributed by atoms with E-state index in [1.165, 1.54) is 10.6 Å². The third-order valence-electron chi connectivity index (χ3n) is 3.26. The lowest BCUT2D eigenvalue weighted by Gasteiger charge is -2.34. The number of ether oxygens (including phenoxy) is 1. The predicted octanol–water partition coefficient (Wildman–Crippen LogP) is -0.895. The van der Waals surface area contributed by atoms with Crippen LogP contribution >= 0.6 is 0 Å². The smallest absolute Gasteiger partial charge is 0.324 e. The summed E-state index contributed by atoms with van der Waals surface area (Å²) >= 11 is 0. The number of piperazine rings is 1. The number of nitrogens with one attached hydrogen (secondary N) is 1. The van der Waals surface area contributed by atoms with E-state index in [4.69, 9.17) is 4.74 Å². The van der Waals surface area contributed by atoms with Crippen molar-refractivity contribution in [1.82, 2.24) is 14.5 Å². The summed E-state index contributed by atoms with van der Waals surface area (Å²) in [5.41, 5.74) is 0. The molecule has 20 heavy (non-hydrogen) atoms. The monoisotopic (exact) mass is 307 g/mol. The van der Waals surface area contributed by atoms with Gasteiger partial charge in [0, 0.05) is 32.7 Å². The maximum absolute atomic E-state index is 11.8. The highest BCUT2D eigenvalue weighted by Crippen LogP contribution is 2.07. The number of hydrogen-bond acceptors (Lipinski definition) is 6. The summed E-state index contributed by atoms with van der Waals surface area (Å²) in [4.78, 5) is 13.9. The molecule has 0 amide bonds. The molecule has 0 aromatic heterocycles. The van der Waals surface area contributed by atoms with Crippen LogP contribution in [-0.4, -0.2) is 81.8 Å².